The SMILES string of the molecule is CCOC(=O)[C@@H]1[C@H]2C(=O)N([C@@H](CO)CC(C)C)C(C(=O)Nc3ccccc3Cl)C23CC[C@H]1O3. The van der Waals surface area contributed by atoms with Crippen LogP contribution < -0.4 is 5.32 Å². The normalized spacial score (nSPS) is 31.1. The lowest BCUT2D eigenvalue weighted by atomic mass is 9.70. The molecule has 0 aliphatic carbocycles. The highest BCUT2D eigenvalue weighted by molar-refractivity contribution is 6.33. The topological polar surface area (TPSA) is 105 Å². The highest BCUT2D eigenvalue weighted by Gasteiger charge is 2.75. The molecular weight excluding hydrogens is 448 g/mol. The van der Waals surface area contributed by atoms with Crippen molar-refractivity contribution in [2.24, 2.45) is 17.8 Å². The minimum atomic E-state index is -1.14. The second-order valence-electron chi connectivity index (χ2n) is 9.49. The zero-order valence-corrected chi connectivity index (χ0v) is 19.9. The summed E-state index contributed by atoms with van der Waals surface area (Å²) in [6.07, 6.45) is 1.08. The van der Waals surface area contributed by atoms with Crippen LogP contribution in [0.2, 0.25) is 5.02 Å². The average Bonchev–Trinajstić information content (AvgIpc) is 3.41. The van der Waals surface area contributed by atoms with E-state index >= 15 is 0 Å². The molecule has 1 aromatic carbocycles. The molecular formula is C24H31ClN2O6. The Bertz CT molecular complexity index is 939. The maximum atomic E-state index is 13.8. The van der Waals surface area contributed by atoms with E-state index in [9.17, 15) is 19.5 Å². The predicted octanol–water partition coefficient (Wildman–Crippen LogP) is 2.62. The number of likely N-dealkylation sites (tertiary alicyclic amines) is 1. The number of esters is 1. The molecule has 2 bridgehead atoms. The van der Waals surface area contributed by atoms with Gasteiger partial charge in [-0.05, 0) is 44.2 Å². The van der Waals surface area contributed by atoms with Crippen molar-refractivity contribution >= 4 is 35.1 Å². The fraction of sp³-hybridized carbons (Fsp3) is 0.625. The average molecular weight is 479 g/mol. The molecule has 180 valence electrons. The first kappa shape index (κ1) is 24.0. The first-order chi connectivity index (χ1) is 15.7. The summed E-state index contributed by atoms with van der Waals surface area (Å²) in [5.74, 6) is -2.65. The van der Waals surface area contributed by atoms with Gasteiger partial charge in [0.1, 0.15) is 11.6 Å². The van der Waals surface area contributed by atoms with Crippen molar-refractivity contribution in [1.82, 2.24) is 4.90 Å². The van der Waals surface area contributed by atoms with Crippen LogP contribution in [0.3, 0.4) is 0 Å². The van der Waals surface area contributed by atoms with Gasteiger partial charge in [0, 0.05) is 0 Å². The number of para-hydroxylation sites is 1. The monoisotopic (exact) mass is 478 g/mol. The Hall–Kier alpha value is -2.16. The van der Waals surface area contributed by atoms with Crippen LogP contribution in [0, 0.1) is 17.8 Å². The van der Waals surface area contributed by atoms with E-state index in [2.05, 4.69) is 5.32 Å². The summed E-state index contributed by atoms with van der Waals surface area (Å²) in [6, 6.07) is 5.29. The van der Waals surface area contributed by atoms with Crippen molar-refractivity contribution < 1.29 is 29.0 Å². The van der Waals surface area contributed by atoms with Gasteiger partial charge in [0.15, 0.2) is 0 Å². The number of hydrogen-bond donors (Lipinski definition) is 2. The molecule has 3 aliphatic heterocycles. The van der Waals surface area contributed by atoms with Gasteiger partial charge in [-0.15, -0.1) is 0 Å². The minimum absolute atomic E-state index is 0.179. The zero-order chi connectivity index (χ0) is 23.9. The van der Waals surface area contributed by atoms with Crippen LogP contribution in [-0.2, 0) is 23.9 Å². The number of anilines is 1. The minimum Gasteiger partial charge on any atom is -0.466 e. The van der Waals surface area contributed by atoms with Crippen LogP contribution in [-0.4, -0.2) is 64.8 Å². The van der Waals surface area contributed by atoms with Crippen molar-refractivity contribution in [2.75, 3.05) is 18.5 Å². The summed E-state index contributed by atoms with van der Waals surface area (Å²) in [6.45, 7) is 5.60. The molecule has 2 N–H and O–H groups in total. The summed E-state index contributed by atoms with van der Waals surface area (Å²) in [4.78, 5) is 41.8. The van der Waals surface area contributed by atoms with Crippen molar-refractivity contribution in [2.45, 2.75) is 63.8 Å². The molecule has 1 aromatic rings. The van der Waals surface area contributed by atoms with Gasteiger partial charge in [-0.2, -0.15) is 0 Å². The van der Waals surface area contributed by atoms with Gasteiger partial charge >= 0.3 is 5.97 Å². The zero-order valence-electron chi connectivity index (χ0n) is 19.1. The Balaban J connectivity index is 1.75. The van der Waals surface area contributed by atoms with E-state index in [1.165, 1.54) is 4.90 Å². The molecule has 3 fully saturated rings. The lowest BCUT2D eigenvalue weighted by Crippen LogP contribution is -2.56. The molecule has 0 saturated carbocycles. The van der Waals surface area contributed by atoms with Gasteiger partial charge in [-0.3, -0.25) is 14.4 Å². The smallest absolute Gasteiger partial charge is 0.312 e. The Kier molecular flexibility index (Phi) is 6.71. The van der Waals surface area contributed by atoms with Gasteiger partial charge in [-0.1, -0.05) is 37.6 Å². The third kappa shape index (κ3) is 3.92. The summed E-state index contributed by atoms with van der Waals surface area (Å²) in [5.41, 5.74) is -0.718. The molecule has 8 nitrogen and oxygen atoms in total. The molecule has 0 radical (unpaired) electrons. The van der Waals surface area contributed by atoms with E-state index in [1.54, 1.807) is 31.2 Å². The number of aliphatic hydroxyl groups excluding tert-OH is 1. The molecule has 3 aliphatic rings. The van der Waals surface area contributed by atoms with E-state index in [1.807, 2.05) is 13.8 Å². The number of carbonyl (C=O) groups excluding carboxylic acids is 3. The number of hydrogen-bond acceptors (Lipinski definition) is 6. The number of halogens is 1. The Morgan fingerprint density at radius 2 is 2.09 bits per heavy atom. The first-order valence-corrected chi connectivity index (χ1v) is 12.0. The molecule has 2 amide bonds. The molecule has 3 saturated heterocycles. The van der Waals surface area contributed by atoms with Gasteiger partial charge < -0.3 is 24.8 Å². The largest absolute Gasteiger partial charge is 0.466 e. The number of benzene rings is 1. The maximum absolute atomic E-state index is 13.8. The fourth-order valence-electron chi connectivity index (χ4n) is 5.87. The molecule has 33 heavy (non-hydrogen) atoms. The van der Waals surface area contributed by atoms with Gasteiger partial charge in [0.25, 0.3) is 0 Å². The summed E-state index contributed by atoms with van der Waals surface area (Å²) < 4.78 is 11.6. The third-order valence-corrected chi connectivity index (χ3v) is 7.35. The van der Waals surface area contributed by atoms with E-state index in [4.69, 9.17) is 21.1 Å². The van der Waals surface area contributed by atoms with Crippen molar-refractivity contribution in [3.63, 3.8) is 0 Å². The number of amides is 2. The number of fused-ring (bicyclic) bond motifs is 1. The van der Waals surface area contributed by atoms with E-state index < -0.39 is 47.5 Å². The standard InChI is InChI=1S/C24H31ClN2O6/c1-4-32-23(31)18-17-9-10-24(33-17)19(18)22(30)27(14(12-28)11-13(2)3)20(24)21(29)26-16-8-6-5-7-15(16)25/h5-8,13-14,17-20,28H,4,9-12H2,1-3H3,(H,26,29)/t14-,17-,18+,19+,20?,24?/m1/s1. The van der Waals surface area contributed by atoms with Crippen molar-refractivity contribution in [1.29, 1.82) is 0 Å². The van der Waals surface area contributed by atoms with Gasteiger partial charge in [0.2, 0.25) is 11.8 Å². The molecule has 1 spiro atoms. The summed E-state index contributed by atoms with van der Waals surface area (Å²) in [7, 11) is 0. The number of nitrogens with one attached hydrogen (secondary N) is 1. The van der Waals surface area contributed by atoms with E-state index in [-0.39, 0.29) is 25.0 Å². The Labute approximate surface area is 198 Å². The third-order valence-electron chi connectivity index (χ3n) is 7.02. The number of ether oxygens (including phenoxy) is 2. The number of rotatable bonds is 8. The summed E-state index contributed by atoms with van der Waals surface area (Å²) >= 11 is 6.26. The predicted molar refractivity (Wildman–Crippen MR) is 121 cm³/mol. The van der Waals surface area contributed by atoms with Crippen LogP contribution in [0.15, 0.2) is 24.3 Å². The van der Waals surface area contributed by atoms with Crippen LogP contribution >= 0.6 is 11.6 Å². The molecule has 2 unspecified atom stereocenters. The molecule has 4 rings (SSSR count). The number of carbonyl (C=O) groups is 3. The highest BCUT2D eigenvalue weighted by atomic mass is 35.5. The van der Waals surface area contributed by atoms with E-state index in [0.29, 0.717) is 30.0 Å². The van der Waals surface area contributed by atoms with E-state index in [0.717, 1.165) is 0 Å². The van der Waals surface area contributed by atoms with Gasteiger partial charge in [0.05, 0.1) is 47.9 Å². The first-order valence-electron chi connectivity index (χ1n) is 11.6. The summed E-state index contributed by atoms with van der Waals surface area (Å²) in [5, 5.41) is 13.4. The fourth-order valence-corrected chi connectivity index (χ4v) is 6.06. The second-order valence-corrected chi connectivity index (χ2v) is 9.90. The lowest BCUT2D eigenvalue weighted by molar-refractivity contribution is -0.155. The van der Waals surface area contributed by atoms with Crippen LogP contribution in [0.25, 0.3) is 0 Å². The second kappa shape index (κ2) is 9.24. The molecule has 9 heteroatoms. The highest BCUT2D eigenvalue weighted by Crippen LogP contribution is 2.59. The van der Waals surface area contributed by atoms with Crippen molar-refractivity contribution in [3.8, 4) is 0 Å². The quantitative estimate of drug-likeness (QED) is 0.556. The number of aliphatic hydroxyl groups is 1. The van der Waals surface area contributed by atoms with Crippen LogP contribution in [0.4, 0.5) is 5.69 Å². The van der Waals surface area contributed by atoms with Crippen LogP contribution in [0.1, 0.15) is 40.0 Å². The Morgan fingerprint density at radius 1 is 1.36 bits per heavy atom. The lowest BCUT2D eigenvalue weighted by Gasteiger charge is -2.37. The maximum Gasteiger partial charge on any atom is 0.312 e. The van der Waals surface area contributed by atoms with Crippen LogP contribution in [0.5, 0.6) is 0 Å². The molecule has 6 atom stereocenters. The van der Waals surface area contributed by atoms with Gasteiger partial charge in [-0.25, -0.2) is 0 Å². The molecule has 3 heterocycles. The number of nitrogens with zero attached hydrogens (tertiary/aromatic N) is 1. The van der Waals surface area contributed by atoms with Crippen molar-refractivity contribution in [3.05, 3.63) is 29.3 Å². The molecule has 0 aromatic heterocycles. The Morgan fingerprint density at radius 3 is 2.73 bits per heavy atom.